The first-order valence-corrected chi connectivity index (χ1v) is 7.60. The monoisotopic (exact) mass is 322 g/mol. The summed E-state index contributed by atoms with van der Waals surface area (Å²) in [5.74, 6) is -1.81. The summed E-state index contributed by atoms with van der Waals surface area (Å²) < 4.78 is 5.23. The Bertz CT molecular complexity index is 947. The van der Waals surface area contributed by atoms with E-state index in [4.69, 9.17) is 4.52 Å². The van der Waals surface area contributed by atoms with Gasteiger partial charge in [0.05, 0.1) is 6.42 Å². The smallest absolute Gasteiger partial charge is 0.312 e. The molecule has 0 aliphatic carbocycles. The molecule has 1 amide bonds. The van der Waals surface area contributed by atoms with E-state index in [1.54, 1.807) is 30.3 Å². The molecule has 4 rings (SSSR count). The van der Waals surface area contributed by atoms with Gasteiger partial charge < -0.3 is 14.5 Å². The van der Waals surface area contributed by atoms with Gasteiger partial charge in [-0.3, -0.25) is 9.59 Å². The summed E-state index contributed by atoms with van der Waals surface area (Å²) in [7, 11) is 0. The van der Waals surface area contributed by atoms with Crippen LogP contribution in [0.4, 0.5) is 5.69 Å². The van der Waals surface area contributed by atoms with Crippen LogP contribution in [-0.2, 0) is 16.0 Å². The van der Waals surface area contributed by atoms with Crippen molar-refractivity contribution in [1.82, 2.24) is 5.16 Å². The molecule has 1 unspecified atom stereocenters. The highest BCUT2D eigenvalue weighted by atomic mass is 16.5. The van der Waals surface area contributed by atoms with Crippen molar-refractivity contribution in [3.63, 3.8) is 0 Å². The Labute approximate surface area is 137 Å². The van der Waals surface area contributed by atoms with Crippen LogP contribution in [0.3, 0.4) is 0 Å². The summed E-state index contributed by atoms with van der Waals surface area (Å²) in [6, 6.07) is 14.5. The third kappa shape index (κ3) is 2.23. The predicted octanol–water partition coefficient (Wildman–Crippen LogP) is 2.59. The third-order valence-electron chi connectivity index (χ3n) is 4.34. The van der Waals surface area contributed by atoms with Crippen LogP contribution in [0.2, 0.25) is 0 Å². The summed E-state index contributed by atoms with van der Waals surface area (Å²) in [4.78, 5) is 25.7. The molecule has 24 heavy (non-hydrogen) atoms. The molecule has 6 heteroatoms. The molecule has 3 aromatic rings. The lowest BCUT2D eigenvalue weighted by Crippen LogP contribution is -2.32. The molecule has 0 saturated carbocycles. The molecule has 0 radical (unpaired) electrons. The average molecular weight is 322 g/mol. The zero-order valence-electron chi connectivity index (χ0n) is 12.7. The standard InChI is InChI=1S/C18H14N2O4/c21-17(9-14-12-6-2-4-8-16(12)24-19-14)20-10-13(18(22)23)11-5-1-3-7-15(11)20/h1-8,13H,9-10H2,(H,22,23). The van der Waals surface area contributed by atoms with E-state index < -0.39 is 11.9 Å². The topological polar surface area (TPSA) is 83.6 Å². The van der Waals surface area contributed by atoms with Crippen LogP contribution < -0.4 is 4.90 Å². The quantitative estimate of drug-likeness (QED) is 0.801. The lowest BCUT2D eigenvalue weighted by molar-refractivity contribution is -0.138. The zero-order chi connectivity index (χ0) is 16.7. The summed E-state index contributed by atoms with van der Waals surface area (Å²) in [5, 5.41) is 14.2. The zero-order valence-corrected chi connectivity index (χ0v) is 12.7. The fourth-order valence-corrected chi connectivity index (χ4v) is 3.16. The van der Waals surface area contributed by atoms with Crippen molar-refractivity contribution in [3.05, 3.63) is 59.8 Å². The molecule has 0 bridgehead atoms. The van der Waals surface area contributed by atoms with Crippen LogP contribution in [0.1, 0.15) is 17.2 Å². The van der Waals surface area contributed by atoms with Crippen molar-refractivity contribution in [2.45, 2.75) is 12.3 Å². The van der Waals surface area contributed by atoms with E-state index in [-0.39, 0.29) is 18.9 Å². The Morgan fingerprint density at radius 2 is 1.92 bits per heavy atom. The van der Waals surface area contributed by atoms with Gasteiger partial charge in [0.2, 0.25) is 5.91 Å². The van der Waals surface area contributed by atoms with E-state index in [9.17, 15) is 14.7 Å². The van der Waals surface area contributed by atoms with Crippen molar-refractivity contribution in [2.24, 2.45) is 0 Å². The minimum atomic E-state index is -0.926. The van der Waals surface area contributed by atoms with Crippen molar-refractivity contribution < 1.29 is 19.2 Å². The number of benzene rings is 2. The molecule has 0 saturated heterocycles. The molecular weight excluding hydrogens is 308 g/mol. The predicted molar refractivity (Wildman–Crippen MR) is 86.9 cm³/mol. The van der Waals surface area contributed by atoms with Gasteiger partial charge in [-0.15, -0.1) is 0 Å². The number of amides is 1. The normalized spacial score (nSPS) is 16.3. The van der Waals surface area contributed by atoms with Crippen LogP contribution >= 0.6 is 0 Å². The maximum absolute atomic E-state index is 12.7. The number of carbonyl (C=O) groups excluding carboxylic acids is 1. The maximum atomic E-state index is 12.7. The van der Waals surface area contributed by atoms with Crippen LogP contribution in [-0.4, -0.2) is 28.7 Å². The van der Waals surface area contributed by atoms with Crippen molar-refractivity contribution in [1.29, 1.82) is 0 Å². The van der Waals surface area contributed by atoms with Crippen LogP contribution in [0, 0.1) is 0 Å². The molecule has 6 nitrogen and oxygen atoms in total. The van der Waals surface area contributed by atoms with Gasteiger partial charge in [0.25, 0.3) is 0 Å². The molecule has 2 heterocycles. The summed E-state index contributed by atoms with van der Waals surface area (Å²) in [6.07, 6.45) is 0.0671. The largest absolute Gasteiger partial charge is 0.481 e. The number of carboxylic acids is 1. The fraction of sp³-hybridized carbons (Fsp3) is 0.167. The van der Waals surface area contributed by atoms with E-state index in [0.29, 0.717) is 22.5 Å². The number of aromatic nitrogens is 1. The van der Waals surface area contributed by atoms with Crippen LogP contribution in [0.25, 0.3) is 11.0 Å². The number of carbonyl (C=O) groups is 2. The Kier molecular flexibility index (Phi) is 3.30. The van der Waals surface area contributed by atoms with Gasteiger partial charge in [-0.2, -0.15) is 0 Å². The fourth-order valence-electron chi connectivity index (χ4n) is 3.16. The number of nitrogens with zero attached hydrogens (tertiary/aromatic N) is 2. The van der Waals surface area contributed by atoms with Gasteiger partial charge in [-0.05, 0) is 23.8 Å². The first-order valence-electron chi connectivity index (χ1n) is 7.60. The molecule has 1 N–H and O–H groups in total. The molecule has 120 valence electrons. The summed E-state index contributed by atoms with van der Waals surface area (Å²) in [5.41, 5.74) is 2.52. The maximum Gasteiger partial charge on any atom is 0.312 e. The van der Waals surface area contributed by atoms with E-state index in [2.05, 4.69) is 5.16 Å². The highest BCUT2D eigenvalue weighted by molar-refractivity contribution is 6.01. The highest BCUT2D eigenvalue weighted by Crippen LogP contribution is 2.36. The van der Waals surface area contributed by atoms with Gasteiger partial charge in [-0.25, -0.2) is 0 Å². The van der Waals surface area contributed by atoms with Crippen molar-refractivity contribution in [3.8, 4) is 0 Å². The lowest BCUT2D eigenvalue weighted by Gasteiger charge is -2.16. The number of carboxylic acid groups (broad SMARTS) is 1. The number of aliphatic carboxylic acids is 1. The third-order valence-corrected chi connectivity index (χ3v) is 4.34. The summed E-state index contributed by atoms with van der Waals surface area (Å²) >= 11 is 0. The summed E-state index contributed by atoms with van der Waals surface area (Å²) in [6.45, 7) is 0.142. The second-order valence-corrected chi connectivity index (χ2v) is 5.76. The number of hydrogen-bond acceptors (Lipinski definition) is 4. The molecule has 1 aliphatic heterocycles. The molecule has 0 fully saturated rings. The Morgan fingerprint density at radius 1 is 1.17 bits per heavy atom. The minimum Gasteiger partial charge on any atom is -0.481 e. The van der Waals surface area contributed by atoms with Gasteiger partial charge in [-0.1, -0.05) is 35.5 Å². The Morgan fingerprint density at radius 3 is 2.75 bits per heavy atom. The molecule has 1 atom stereocenters. The Hall–Kier alpha value is -3.15. The first-order chi connectivity index (χ1) is 11.6. The lowest BCUT2D eigenvalue weighted by atomic mass is 10.0. The number of para-hydroxylation sites is 2. The molecule has 0 spiro atoms. The van der Waals surface area contributed by atoms with Gasteiger partial charge in [0.15, 0.2) is 5.58 Å². The number of anilines is 1. The number of hydrogen-bond donors (Lipinski definition) is 1. The first kappa shape index (κ1) is 14.4. The van der Waals surface area contributed by atoms with Crippen LogP contribution in [0.15, 0.2) is 53.1 Å². The highest BCUT2D eigenvalue weighted by Gasteiger charge is 2.36. The number of fused-ring (bicyclic) bond motifs is 2. The minimum absolute atomic E-state index is 0.0671. The van der Waals surface area contributed by atoms with E-state index in [0.717, 1.165) is 5.39 Å². The Balaban J connectivity index is 1.65. The van der Waals surface area contributed by atoms with E-state index >= 15 is 0 Å². The van der Waals surface area contributed by atoms with E-state index in [1.807, 2.05) is 18.2 Å². The molecule has 1 aromatic heterocycles. The average Bonchev–Trinajstić information content (AvgIpc) is 3.17. The van der Waals surface area contributed by atoms with Crippen molar-refractivity contribution in [2.75, 3.05) is 11.4 Å². The van der Waals surface area contributed by atoms with Gasteiger partial charge in [0.1, 0.15) is 11.6 Å². The van der Waals surface area contributed by atoms with Crippen LogP contribution in [0.5, 0.6) is 0 Å². The van der Waals surface area contributed by atoms with Gasteiger partial charge >= 0.3 is 5.97 Å². The SMILES string of the molecule is O=C(O)C1CN(C(=O)Cc2noc3ccccc23)c2ccccc21. The molecule has 1 aliphatic rings. The second kappa shape index (κ2) is 5.49. The van der Waals surface area contributed by atoms with Gasteiger partial charge in [0, 0.05) is 17.6 Å². The molecule has 2 aromatic carbocycles. The number of rotatable bonds is 3. The molecular formula is C18H14N2O4. The van der Waals surface area contributed by atoms with E-state index in [1.165, 1.54) is 4.90 Å². The van der Waals surface area contributed by atoms with Crippen molar-refractivity contribution >= 4 is 28.5 Å². The second-order valence-electron chi connectivity index (χ2n) is 5.76.